The van der Waals surface area contributed by atoms with Crippen molar-refractivity contribution in [2.75, 3.05) is 14.2 Å². The van der Waals surface area contributed by atoms with Crippen molar-refractivity contribution in [2.24, 2.45) is 11.8 Å². The molecule has 0 heterocycles. The molecule has 0 bridgehead atoms. The second-order valence-corrected chi connectivity index (χ2v) is 4.20. The van der Waals surface area contributed by atoms with Crippen LogP contribution < -0.4 is 5.32 Å². The first-order valence-electron chi connectivity index (χ1n) is 6.94. The molecule has 0 aromatic heterocycles. The van der Waals surface area contributed by atoms with Crippen LogP contribution in [0, 0.1) is 11.8 Å². The quantitative estimate of drug-likeness (QED) is 0.808. The molecule has 0 spiro atoms. The number of carbonyl (C=O) groups is 2. The van der Waals surface area contributed by atoms with Gasteiger partial charge in [0.1, 0.15) is 6.29 Å². The summed E-state index contributed by atoms with van der Waals surface area (Å²) in [5.74, 6) is -0.432. The zero-order valence-corrected chi connectivity index (χ0v) is 12.7. The zero-order chi connectivity index (χ0) is 15.5. The minimum atomic E-state index is -0.211. The third kappa shape index (κ3) is 4.46. The lowest BCUT2D eigenvalue weighted by molar-refractivity contribution is -0.129. The molecule has 1 aromatic carbocycles. The number of rotatable bonds is 2. The molecular weight excluding hydrogens is 254 g/mol. The number of fused-ring (bicyclic) bond motifs is 1. The highest BCUT2D eigenvalue weighted by Gasteiger charge is 2.32. The van der Waals surface area contributed by atoms with Gasteiger partial charge in [0.05, 0.1) is 5.92 Å². The summed E-state index contributed by atoms with van der Waals surface area (Å²) in [6.07, 6.45) is 2.26. The Kier molecular flexibility index (Phi) is 9.30. The third-order valence-electron chi connectivity index (χ3n) is 3.29. The van der Waals surface area contributed by atoms with E-state index in [9.17, 15) is 9.59 Å². The van der Waals surface area contributed by atoms with Gasteiger partial charge < -0.3 is 15.2 Å². The van der Waals surface area contributed by atoms with Crippen LogP contribution in [0.2, 0.25) is 0 Å². The molecule has 0 saturated carbocycles. The summed E-state index contributed by atoms with van der Waals surface area (Å²) in [6.45, 7) is 4.00. The van der Waals surface area contributed by atoms with Gasteiger partial charge in [0, 0.05) is 20.1 Å². The lowest BCUT2D eigenvalue weighted by Gasteiger charge is -2.28. The van der Waals surface area contributed by atoms with Crippen LogP contribution in [0.1, 0.15) is 25.0 Å². The number of aldehydes is 1. The molecule has 1 aliphatic rings. The second kappa shape index (κ2) is 10.1. The minimum Gasteiger partial charge on any atom is -0.400 e. The predicted octanol–water partition coefficient (Wildman–Crippen LogP) is 1.60. The van der Waals surface area contributed by atoms with E-state index in [0.717, 1.165) is 13.4 Å². The Morgan fingerprint density at radius 2 is 1.70 bits per heavy atom. The largest absolute Gasteiger partial charge is 0.400 e. The van der Waals surface area contributed by atoms with Gasteiger partial charge in [-0.15, -0.1) is 0 Å². The molecule has 4 heteroatoms. The number of nitrogens with one attached hydrogen (secondary N) is 1. The number of benzene rings is 1. The summed E-state index contributed by atoms with van der Waals surface area (Å²) in [5.41, 5.74) is 2.38. The zero-order valence-electron chi connectivity index (χ0n) is 12.7. The molecule has 0 radical (unpaired) electrons. The van der Waals surface area contributed by atoms with E-state index >= 15 is 0 Å². The molecule has 2 atom stereocenters. The maximum absolute atomic E-state index is 11.7. The Balaban J connectivity index is 0.000000829. The van der Waals surface area contributed by atoms with Gasteiger partial charge in [-0.2, -0.15) is 0 Å². The summed E-state index contributed by atoms with van der Waals surface area (Å²) in [4.78, 5) is 22.7. The number of amides is 1. The van der Waals surface area contributed by atoms with Crippen molar-refractivity contribution in [3.8, 4) is 0 Å². The summed E-state index contributed by atoms with van der Waals surface area (Å²) in [7, 11) is 2.62. The molecule has 112 valence electrons. The maximum atomic E-state index is 11.7. The number of aliphatic hydroxyl groups is 1. The van der Waals surface area contributed by atoms with Gasteiger partial charge in [-0.1, -0.05) is 38.1 Å². The predicted molar refractivity (Wildman–Crippen MR) is 80.5 cm³/mol. The third-order valence-corrected chi connectivity index (χ3v) is 3.29. The van der Waals surface area contributed by atoms with E-state index in [1.807, 2.05) is 38.1 Å². The Morgan fingerprint density at radius 3 is 2.15 bits per heavy atom. The number of carbonyl (C=O) groups excluding carboxylic acids is 2. The molecule has 2 unspecified atom stereocenters. The van der Waals surface area contributed by atoms with Gasteiger partial charge in [-0.3, -0.25) is 4.79 Å². The summed E-state index contributed by atoms with van der Waals surface area (Å²) in [6, 6.07) is 8.01. The fourth-order valence-electron chi connectivity index (χ4n) is 2.36. The molecule has 2 N–H and O–H groups in total. The average molecular weight is 279 g/mol. The summed E-state index contributed by atoms with van der Waals surface area (Å²) in [5, 5.41) is 9.63. The van der Waals surface area contributed by atoms with Crippen molar-refractivity contribution in [3.05, 3.63) is 35.4 Å². The van der Waals surface area contributed by atoms with Gasteiger partial charge >= 0.3 is 0 Å². The SMILES string of the molecule is CC.CNC(=O)C1Cc2ccccc2CC1C=O.CO. The normalized spacial score (nSPS) is 19.2. The first kappa shape index (κ1) is 18.3. The summed E-state index contributed by atoms with van der Waals surface area (Å²) >= 11 is 0. The van der Waals surface area contributed by atoms with Crippen LogP contribution in [-0.4, -0.2) is 31.5 Å². The van der Waals surface area contributed by atoms with Crippen LogP contribution in [0.15, 0.2) is 24.3 Å². The van der Waals surface area contributed by atoms with Crippen molar-refractivity contribution in [1.29, 1.82) is 0 Å². The Hall–Kier alpha value is -1.68. The fraction of sp³-hybridized carbons (Fsp3) is 0.500. The molecule has 20 heavy (non-hydrogen) atoms. The van der Waals surface area contributed by atoms with E-state index in [-0.39, 0.29) is 17.7 Å². The standard InChI is InChI=1S/C13H15NO2.C2H6.CH4O/c1-14-13(16)12-7-10-5-3-2-4-9(10)6-11(12)8-15;2*1-2/h2-5,8,11-12H,6-7H2,1H3,(H,14,16);1-2H3;2H,1H3. The topological polar surface area (TPSA) is 66.4 Å². The van der Waals surface area contributed by atoms with Crippen LogP contribution in [-0.2, 0) is 22.4 Å². The lowest BCUT2D eigenvalue weighted by atomic mass is 9.76. The molecule has 0 saturated heterocycles. The van der Waals surface area contributed by atoms with E-state index in [2.05, 4.69) is 5.32 Å². The lowest BCUT2D eigenvalue weighted by Crippen LogP contribution is -2.38. The van der Waals surface area contributed by atoms with E-state index in [4.69, 9.17) is 5.11 Å². The average Bonchev–Trinajstić information content (AvgIpc) is 2.56. The highest BCUT2D eigenvalue weighted by Crippen LogP contribution is 2.29. The smallest absolute Gasteiger partial charge is 0.223 e. The Morgan fingerprint density at radius 1 is 1.20 bits per heavy atom. The number of aliphatic hydroxyl groups excluding tert-OH is 1. The number of hydrogen-bond acceptors (Lipinski definition) is 3. The first-order valence-corrected chi connectivity index (χ1v) is 6.94. The van der Waals surface area contributed by atoms with Crippen LogP contribution in [0.25, 0.3) is 0 Å². The van der Waals surface area contributed by atoms with E-state index in [1.54, 1.807) is 7.05 Å². The van der Waals surface area contributed by atoms with Crippen molar-refractivity contribution in [2.45, 2.75) is 26.7 Å². The fourth-order valence-corrected chi connectivity index (χ4v) is 2.36. The first-order chi connectivity index (χ1) is 9.76. The van der Waals surface area contributed by atoms with Crippen LogP contribution in [0.4, 0.5) is 0 Å². The van der Waals surface area contributed by atoms with Gasteiger partial charge in [0.25, 0.3) is 0 Å². The van der Waals surface area contributed by atoms with Crippen LogP contribution in [0.5, 0.6) is 0 Å². The Labute approximate surface area is 121 Å². The van der Waals surface area contributed by atoms with Crippen molar-refractivity contribution in [1.82, 2.24) is 5.32 Å². The monoisotopic (exact) mass is 279 g/mol. The highest BCUT2D eigenvalue weighted by molar-refractivity contribution is 5.82. The minimum absolute atomic E-state index is 0.0356. The molecule has 0 fully saturated rings. The molecule has 2 rings (SSSR count). The van der Waals surface area contributed by atoms with Gasteiger partial charge in [-0.05, 0) is 24.0 Å². The van der Waals surface area contributed by atoms with Gasteiger partial charge in [0.2, 0.25) is 5.91 Å². The van der Waals surface area contributed by atoms with Gasteiger partial charge in [0.15, 0.2) is 0 Å². The van der Waals surface area contributed by atoms with E-state index in [0.29, 0.717) is 12.8 Å². The van der Waals surface area contributed by atoms with Gasteiger partial charge in [-0.25, -0.2) is 0 Å². The molecular formula is C16H25NO3. The van der Waals surface area contributed by atoms with Crippen molar-refractivity contribution < 1.29 is 14.7 Å². The molecule has 0 aliphatic heterocycles. The maximum Gasteiger partial charge on any atom is 0.223 e. The van der Waals surface area contributed by atoms with Crippen LogP contribution in [0.3, 0.4) is 0 Å². The van der Waals surface area contributed by atoms with E-state index < -0.39 is 0 Å². The Bertz CT molecular complexity index is 418. The molecule has 1 amide bonds. The highest BCUT2D eigenvalue weighted by atomic mass is 16.2. The van der Waals surface area contributed by atoms with Crippen molar-refractivity contribution in [3.63, 3.8) is 0 Å². The number of hydrogen-bond donors (Lipinski definition) is 2. The molecule has 1 aromatic rings. The molecule has 1 aliphatic carbocycles. The molecule has 4 nitrogen and oxygen atoms in total. The second-order valence-electron chi connectivity index (χ2n) is 4.20. The van der Waals surface area contributed by atoms with Crippen LogP contribution >= 0.6 is 0 Å². The summed E-state index contributed by atoms with van der Waals surface area (Å²) < 4.78 is 0. The van der Waals surface area contributed by atoms with Crippen molar-refractivity contribution >= 4 is 12.2 Å². The van der Waals surface area contributed by atoms with E-state index in [1.165, 1.54) is 11.1 Å².